The zero-order valence-electron chi connectivity index (χ0n) is 11.1. The van der Waals surface area contributed by atoms with Crippen LogP contribution in [0.3, 0.4) is 0 Å². The van der Waals surface area contributed by atoms with Crippen molar-refractivity contribution >= 4 is 5.97 Å². The summed E-state index contributed by atoms with van der Waals surface area (Å²) in [5.41, 5.74) is 4.02. The SMILES string of the molecule is COc1cc(C(=O)O)ncc1-c1cc(C)cc(C)c1. The van der Waals surface area contributed by atoms with Crippen molar-refractivity contribution < 1.29 is 14.6 Å². The maximum Gasteiger partial charge on any atom is 0.354 e. The summed E-state index contributed by atoms with van der Waals surface area (Å²) in [6.07, 6.45) is 1.54. The van der Waals surface area contributed by atoms with Crippen molar-refractivity contribution in [3.05, 3.63) is 47.3 Å². The number of nitrogens with zero attached hydrogens (tertiary/aromatic N) is 1. The number of hydrogen-bond donors (Lipinski definition) is 1. The maximum atomic E-state index is 10.9. The first-order chi connectivity index (χ1) is 9.01. The van der Waals surface area contributed by atoms with Gasteiger partial charge in [0.2, 0.25) is 0 Å². The highest BCUT2D eigenvalue weighted by atomic mass is 16.5. The van der Waals surface area contributed by atoms with Crippen LogP contribution in [0.5, 0.6) is 5.75 Å². The third kappa shape index (κ3) is 2.73. The van der Waals surface area contributed by atoms with Gasteiger partial charge in [-0.15, -0.1) is 0 Å². The molecule has 0 aliphatic rings. The van der Waals surface area contributed by atoms with E-state index in [0.29, 0.717) is 5.75 Å². The highest BCUT2D eigenvalue weighted by Crippen LogP contribution is 2.31. The highest BCUT2D eigenvalue weighted by molar-refractivity contribution is 5.87. The predicted molar refractivity (Wildman–Crippen MR) is 72.7 cm³/mol. The number of pyridine rings is 1. The van der Waals surface area contributed by atoms with E-state index >= 15 is 0 Å². The molecule has 0 atom stereocenters. The Labute approximate surface area is 111 Å². The van der Waals surface area contributed by atoms with E-state index in [9.17, 15) is 4.79 Å². The van der Waals surface area contributed by atoms with Crippen LogP contribution in [0.25, 0.3) is 11.1 Å². The number of benzene rings is 1. The Morgan fingerprint density at radius 3 is 2.32 bits per heavy atom. The predicted octanol–water partition coefficient (Wildman–Crippen LogP) is 3.07. The molecule has 0 spiro atoms. The van der Waals surface area contributed by atoms with Crippen LogP contribution in [0.2, 0.25) is 0 Å². The summed E-state index contributed by atoms with van der Waals surface area (Å²) in [5.74, 6) is -0.553. The fourth-order valence-electron chi connectivity index (χ4n) is 2.07. The van der Waals surface area contributed by atoms with Crippen molar-refractivity contribution in [2.24, 2.45) is 0 Å². The van der Waals surface area contributed by atoms with Crippen LogP contribution in [0.15, 0.2) is 30.5 Å². The first-order valence-corrected chi connectivity index (χ1v) is 5.87. The number of methoxy groups -OCH3 is 1. The third-order valence-corrected chi connectivity index (χ3v) is 2.84. The molecule has 19 heavy (non-hydrogen) atoms. The fraction of sp³-hybridized carbons (Fsp3) is 0.200. The average Bonchev–Trinajstić information content (AvgIpc) is 2.36. The summed E-state index contributed by atoms with van der Waals surface area (Å²) in [5, 5.41) is 8.94. The lowest BCUT2D eigenvalue weighted by molar-refractivity contribution is 0.0690. The Balaban J connectivity index is 2.58. The second-order valence-corrected chi connectivity index (χ2v) is 4.45. The van der Waals surface area contributed by atoms with E-state index < -0.39 is 5.97 Å². The minimum absolute atomic E-state index is 0.0232. The molecule has 1 aromatic carbocycles. The largest absolute Gasteiger partial charge is 0.496 e. The molecule has 0 amide bonds. The topological polar surface area (TPSA) is 59.4 Å². The molecule has 0 radical (unpaired) electrons. The molecule has 0 saturated carbocycles. The summed E-state index contributed by atoms with van der Waals surface area (Å²) in [7, 11) is 1.52. The fourth-order valence-corrected chi connectivity index (χ4v) is 2.07. The van der Waals surface area contributed by atoms with E-state index in [0.717, 1.165) is 22.3 Å². The quantitative estimate of drug-likeness (QED) is 0.918. The summed E-state index contributed by atoms with van der Waals surface area (Å²) in [4.78, 5) is 14.9. The van der Waals surface area contributed by atoms with Crippen LogP contribution in [0.1, 0.15) is 21.6 Å². The molecule has 1 N–H and O–H groups in total. The molecule has 4 heteroatoms. The molecule has 0 bridgehead atoms. The van der Waals surface area contributed by atoms with E-state index in [4.69, 9.17) is 9.84 Å². The summed E-state index contributed by atoms with van der Waals surface area (Å²) in [6.45, 7) is 4.03. The Kier molecular flexibility index (Phi) is 3.51. The lowest BCUT2D eigenvalue weighted by atomic mass is 10.0. The van der Waals surface area contributed by atoms with Crippen LogP contribution in [0.4, 0.5) is 0 Å². The van der Waals surface area contributed by atoms with Gasteiger partial charge in [0.25, 0.3) is 0 Å². The normalized spacial score (nSPS) is 10.3. The van der Waals surface area contributed by atoms with Gasteiger partial charge in [-0.25, -0.2) is 9.78 Å². The minimum Gasteiger partial charge on any atom is -0.496 e. The molecule has 0 fully saturated rings. The van der Waals surface area contributed by atoms with Gasteiger partial charge in [-0.2, -0.15) is 0 Å². The van der Waals surface area contributed by atoms with E-state index in [1.54, 1.807) is 0 Å². The number of ether oxygens (including phenoxy) is 1. The molecule has 2 aromatic rings. The second kappa shape index (κ2) is 5.10. The van der Waals surface area contributed by atoms with Gasteiger partial charge >= 0.3 is 5.97 Å². The number of carboxylic acid groups (broad SMARTS) is 1. The molecular weight excluding hydrogens is 242 g/mol. The Hall–Kier alpha value is -2.36. The number of carboxylic acids is 1. The van der Waals surface area contributed by atoms with Crippen LogP contribution >= 0.6 is 0 Å². The Morgan fingerprint density at radius 2 is 1.79 bits per heavy atom. The van der Waals surface area contributed by atoms with Gasteiger partial charge < -0.3 is 9.84 Å². The van der Waals surface area contributed by atoms with Gasteiger partial charge in [-0.05, 0) is 19.4 Å². The lowest BCUT2D eigenvalue weighted by Gasteiger charge is -2.10. The van der Waals surface area contributed by atoms with Crippen molar-refractivity contribution in [2.45, 2.75) is 13.8 Å². The van der Waals surface area contributed by atoms with Crippen molar-refractivity contribution in [1.29, 1.82) is 0 Å². The Morgan fingerprint density at radius 1 is 1.16 bits per heavy atom. The van der Waals surface area contributed by atoms with Gasteiger partial charge in [-0.1, -0.05) is 29.3 Å². The van der Waals surface area contributed by atoms with E-state index in [-0.39, 0.29) is 5.69 Å². The highest BCUT2D eigenvalue weighted by Gasteiger charge is 2.12. The van der Waals surface area contributed by atoms with Crippen molar-refractivity contribution in [1.82, 2.24) is 4.98 Å². The molecule has 2 rings (SSSR count). The second-order valence-electron chi connectivity index (χ2n) is 4.45. The van der Waals surface area contributed by atoms with Crippen LogP contribution in [0, 0.1) is 13.8 Å². The third-order valence-electron chi connectivity index (χ3n) is 2.84. The van der Waals surface area contributed by atoms with Crippen molar-refractivity contribution in [2.75, 3.05) is 7.11 Å². The number of carbonyl (C=O) groups is 1. The monoisotopic (exact) mass is 257 g/mol. The maximum absolute atomic E-state index is 10.9. The van der Waals surface area contributed by atoms with E-state index in [1.165, 1.54) is 19.4 Å². The van der Waals surface area contributed by atoms with Gasteiger partial charge in [0.1, 0.15) is 5.75 Å². The van der Waals surface area contributed by atoms with Gasteiger partial charge in [0, 0.05) is 17.8 Å². The molecule has 0 unspecified atom stereocenters. The average molecular weight is 257 g/mol. The summed E-state index contributed by atoms with van der Waals surface area (Å²) < 4.78 is 5.27. The molecule has 0 aliphatic carbocycles. The molecule has 1 heterocycles. The summed E-state index contributed by atoms with van der Waals surface area (Å²) in [6, 6.07) is 7.56. The molecule has 4 nitrogen and oxygen atoms in total. The summed E-state index contributed by atoms with van der Waals surface area (Å²) >= 11 is 0. The molecule has 0 saturated heterocycles. The number of aromatic carboxylic acids is 1. The van der Waals surface area contributed by atoms with E-state index in [2.05, 4.69) is 11.1 Å². The standard InChI is InChI=1S/C15H15NO3/c1-9-4-10(2)6-11(5-9)12-8-16-13(15(17)18)7-14(12)19-3/h4-8H,1-3H3,(H,17,18). The van der Waals surface area contributed by atoms with Gasteiger partial charge in [0.05, 0.1) is 7.11 Å². The Bertz CT molecular complexity index is 615. The first-order valence-electron chi connectivity index (χ1n) is 5.87. The van der Waals surface area contributed by atoms with Crippen molar-refractivity contribution in [3.63, 3.8) is 0 Å². The van der Waals surface area contributed by atoms with Crippen LogP contribution < -0.4 is 4.74 Å². The van der Waals surface area contributed by atoms with Crippen molar-refractivity contribution in [3.8, 4) is 16.9 Å². The van der Waals surface area contributed by atoms with Crippen LogP contribution in [-0.4, -0.2) is 23.2 Å². The minimum atomic E-state index is -1.06. The number of rotatable bonds is 3. The lowest BCUT2D eigenvalue weighted by Crippen LogP contribution is -2.01. The number of aryl methyl sites for hydroxylation is 2. The molecule has 98 valence electrons. The first kappa shape index (κ1) is 13.1. The number of aromatic nitrogens is 1. The molecule has 0 aliphatic heterocycles. The molecule has 1 aromatic heterocycles. The van der Waals surface area contributed by atoms with Gasteiger partial charge in [0.15, 0.2) is 5.69 Å². The number of hydrogen-bond acceptors (Lipinski definition) is 3. The zero-order chi connectivity index (χ0) is 14.0. The molecular formula is C15H15NO3. The van der Waals surface area contributed by atoms with Gasteiger partial charge in [-0.3, -0.25) is 0 Å². The zero-order valence-corrected chi connectivity index (χ0v) is 11.1. The van der Waals surface area contributed by atoms with Crippen LogP contribution in [-0.2, 0) is 0 Å². The van der Waals surface area contributed by atoms with E-state index in [1.807, 2.05) is 26.0 Å². The smallest absolute Gasteiger partial charge is 0.354 e.